The molecule has 1 atom stereocenters. The predicted molar refractivity (Wildman–Crippen MR) is 73.0 cm³/mol. The fourth-order valence-corrected chi connectivity index (χ4v) is 3.33. The van der Waals surface area contributed by atoms with Crippen LogP contribution < -0.4 is 0 Å². The molecule has 18 heavy (non-hydrogen) atoms. The van der Waals surface area contributed by atoms with E-state index in [1.807, 2.05) is 29.8 Å². The molecule has 0 fully saturated rings. The molecule has 0 bridgehead atoms. The lowest BCUT2D eigenvalue weighted by Crippen LogP contribution is -2.16. The van der Waals surface area contributed by atoms with Gasteiger partial charge in [0.25, 0.3) is 0 Å². The zero-order valence-electron chi connectivity index (χ0n) is 10.1. The van der Waals surface area contributed by atoms with E-state index in [0.29, 0.717) is 5.78 Å². The molecule has 3 heteroatoms. The summed E-state index contributed by atoms with van der Waals surface area (Å²) in [4.78, 5) is 16.8. The molecule has 3 rings (SSSR count). The minimum atomic E-state index is 0.111. The summed E-state index contributed by atoms with van der Waals surface area (Å²) in [5.41, 5.74) is 2.14. The van der Waals surface area contributed by atoms with E-state index in [4.69, 9.17) is 0 Å². The number of hydrogen-bond acceptors (Lipinski definition) is 3. The number of carbonyl (C=O) groups excluding carboxylic acids is 1. The summed E-state index contributed by atoms with van der Waals surface area (Å²) in [7, 11) is 0. The highest BCUT2D eigenvalue weighted by Gasteiger charge is 2.25. The van der Waals surface area contributed by atoms with E-state index in [1.165, 1.54) is 5.56 Å². The van der Waals surface area contributed by atoms with E-state index < -0.39 is 0 Å². The average Bonchev–Trinajstić information content (AvgIpc) is 2.85. The van der Waals surface area contributed by atoms with Crippen LogP contribution in [0.2, 0.25) is 0 Å². The number of thiazole rings is 1. The van der Waals surface area contributed by atoms with Gasteiger partial charge in [-0.15, -0.1) is 11.3 Å². The summed E-state index contributed by atoms with van der Waals surface area (Å²) in [5.74, 6) is 0.415. The smallest absolute Gasteiger partial charge is 0.166 e. The standard InChI is InChI=1S/C15H15NOS/c17-15-12(10-14-16-8-9-18-14)6-3-5-11-4-1-2-7-13(11)15/h1-2,4,7-9,12H,3,5-6,10H2. The van der Waals surface area contributed by atoms with Gasteiger partial charge >= 0.3 is 0 Å². The molecule has 0 spiro atoms. The third-order valence-electron chi connectivity index (χ3n) is 3.56. The van der Waals surface area contributed by atoms with E-state index in [0.717, 1.165) is 36.3 Å². The molecule has 1 aliphatic carbocycles. The molecule has 0 N–H and O–H groups in total. The zero-order valence-corrected chi connectivity index (χ0v) is 11.0. The summed E-state index contributed by atoms with van der Waals surface area (Å²) in [6.45, 7) is 0. The van der Waals surface area contributed by atoms with E-state index in [2.05, 4.69) is 11.1 Å². The van der Waals surface area contributed by atoms with Crippen LogP contribution in [0.5, 0.6) is 0 Å². The Morgan fingerprint density at radius 2 is 2.22 bits per heavy atom. The summed E-state index contributed by atoms with van der Waals surface area (Å²) < 4.78 is 0. The van der Waals surface area contributed by atoms with Gasteiger partial charge in [0, 0.05) is 29.5 Å². The lowest BCUT2D eigenvalue weighted by molar-refractivity contribution is 0.0915. The minimum absolute atomic E-state index is 0.111. The van der Waals surface area contributed by atoms with Gasteiger partial charge in [-0.2, -0.15) is 0 Å². The highest BCUT2D eigenvalue weighted by molar-refractivity contribution is 7.09. The van der Waals surface area contributed by atoms with Crippen LogP contribution in [0.3, 0.4) is 0 Å². The van der Waals surface area contributed by atoms with Gasteiger partial charge in [-0.05, 0) is 24.8 Å². The average molecular weight is 257 g/mol. The number of rotatable bonds is 2. The van der Waals surface area contributed by atoms with Crippen molar-refractivity contribution in [3.8, 4) is 0 Å². The van der Waals surface area contributed by atoms with Gasteiger partial charge in [0.05, 0.1) is 5.01 Å². The quantitative estimate of drug-likeness (QED) is 0.770. The SMILES string of the molecule is O=C1c2ccccc2CCCC1Cc1nccs1. The van der Waals surface area contributed by atoms with E-state index in [9.17, 15) is 4.79 Å². The molecule has 0 radical (unpaired) electrons. The molecule has 0 aliphatic heterocycles. The molecule has 2 nitrogen and oxygen atoms in total. The molecule has 0 amide bonds. The van der Waals surface area contributed by atoms with Crippen molar-refractivity contribution in [3.63, 3.8) is 0 Å². The van der Waals surface area contributed by atoms with E-state index in [-0.39, 0.29) is 5.92 Å². The van der Waals surface area contributed by atoms with E-state index >= 15 is 0 Å². The number of nitrogens with zero attached hydrogens (tertiary/aromatic N) is 1. The number of fused-ring (bicyclic) bond motifs is 1. The number of hydrogen-bond donors (Lipinski definition) is 0. The molecule has 1 aromatic carbocycles. The maximum absolute atomic E-state index is 12.5. The third kappa shape index (κ3) is 2.23. The van der Waals surface area contributed by atoms with Crippen molar-refractivity contribution in [2.75, 3.05) is 0 Å². The number of aromatic nitrogens is 1. The highest BCUT2D eigenvalue weighted by Crippen LogP contribution is 2.27. The lowest BCUT2D eigenvalue weighted by atomic mass is 9.92. The van der Waals surface area contributed by atoms with Gasteiger partial charge in [-0.1, -0.05) is 24.3 Å². The largest absolute Gasteiger partial charge is 0.294 e. The molecule has 0 saturated carbocycles. The van der Waals surface area contributed by atoms with Gasteiger partial charge in [-0.3, -0.25) is 4.79 Å². The van der Waals surface area contributed by atoms with Gasteiger partial charge in [0.15, 0.2) is 5.78 Å². The molecule has 1 unspecified atom stereocenters. The van der Waals surface area contributed by atoms with Crippen molar-refractivity contribution < 1.29 is 4.79 Å². The predicted octanol–water partition coefficient (Wildman–Crippen LogP) is 3.52. The Labute approximate surface area is 111 Å². The van der Waals surface area contributed by atoms with Crippen molar-refractivity contribution in [1.29, 1.82) is 0 Å². The number of Topliss-reactive ketones (excluding diaryl/α,β-unsaturated/α-hetero) is 1. The Hall–Kier alpha value is -1.48. The van der Waals surface area contributed by atoms with Crippen LogP contribution in [-0.4, -0.2) is 10.8 Å². The fraction of sp³-hybridized carbons (Fsp3) is 0.333. The van der Waals surface area contributed by atoms with Crippen LogP contribution >= 0.6 is 11.3 Å². The minimum Gasteiger partial charge on any atom is -0.294 e. The molecule has 0 saturated heterocycles. The maximum atomic E-state index is 12.5. The van der Waals surface area contributed by atoms with Crippen LogP contribution in [0.25, 0.3) is 0 Å². The summed E-state index contributed by atoms with van der Waals surface area (Å²) >= 11 is 1.64. The molecule has 2 aromatic rings. The van der Waals surface area contributed by atoms with E-state index in [1.54, 1.807) is 11.3 Å². The van der Waals surface area contributed by atoms with Crippen LogP contribution in [0.15, 0.2) is 35.8 Å². The first kappa shape index (κ1) is 11.6. The van der Waals surface area contributed by atoms with Gasteiger partial charge < -0.3 is 0 Å². The topological polar surface area (TPSA) is 30.0 Å². The Bertz CT molecular complexity index is 547. The first-order chi connectivity index (χ1) is 8.84. The van der Waals surface area contributed by atoms with Crippen molar-refractivity contribution >= 4 is 17.1 Å². The second-order valence-electron chi connectivity index (χ2n) is 4.74. The molecule has 92 valence electrons. The van der Waals surface area contributed by atoms with Gasteiger partial charge in [0.2, 0.25) is 0 Å². The summed E-state index contributed by atoms with van der Waals surface area (Å²) in [6, 6.07) is 8.03. The summed E-state index contributed by atoms with van der Waals surface area (Å²) in [6.07, 6.45) is 5.71. The number of benzene rings is 1. The summed E-state index contributed by atoms with van der Waals surface area (Å²) in [5, 5.41) is 3.05. The van der Waals surface area contributed by atoms with Crippen LogP contribution in [-0.2, 0) is 12.8 Å². The van der Waals surface area contributed by atoms with Gasteiger partial charge in [0.1, 0.15) is 0 Å². The van der Waals surface area contributed by atoms with Crippen molar-refractivity contribution in [1.82, 2.24) is 4.98 Å². The Kier molecular flexibility index (Phi) is 3.24. The molecule has 1 aromatic heterocycles. The second kappa shape index (κ2) is 5.02. The highest BCUT2D eigenvalue weighted by atomic mass is 32.1. The zero-order chi connectivity index (χ0) is 12.4. The van der Waals surface area contributed by atoms with Crippen LogP contribution in [0.4, 0.5) is 0 Å². The molecule has 1 heterocycles. The van der Waals surface area contributed by atoms with Crippen LogP contribution in [0.1, 0.15) is 33.8 Å². The second-order valence-corrected chi connectivity index (χ2v) is 5.72. The van der Waals surface area contributed by atoms with Gasteiger partial charge in [-0.25, -0.2) is 4.98 Å². The Balaban J connectivity index is 1.87. The van der Waals surface area contributed by atoms with Crippen molar-refractivity contribution in [2.24, 2.45) is 5.92 Å². The molecular formula is C15H15NOS. The number of aryl methyl sites for hydroxylation is 1. The van der Waals surface area contributed by atoms with Crippen molar-refractivity contribution in [2.45, 2.75) is 25.7 Å². The first-order valence-electron chi connectivity index (χ1n) is 6.35. The van der Waals surface area contributed by atoms with Crippen molar-refractivity contribution in [3.05, 3.63) is 52.0 Å². The number of ketones is 1. The normalized spacial score (nSPS) is 19.3. The third-order valence-corrected chi connectivity index (χ3v) is 4.36. The Morgan fingerprint density at radius 1 is 1.33 bits per heavy atom. The molecule has 1 aliphatic rings. The molecular weight excluding hydrogens is 242 g/mol. The lowest BCUT2D eigenvalue weighted by Gasteiger charge is -2.11. The van der Waals surface area contributed by atoms with Crippen LogP contribution in [0, 0.1) is 5.92 Å². The number of carbonyl (C=O) groups is 1. The fourth-order valence-electron chi connectivity index (χ4n) is 2.63. The first-order valence-corrected chi connectivity index (χ1v) is 7.23. The maximum Gasteiger partial charge on any atom is 0.166 e. The monoisotopic (exact) mass is 257 g/mol. The Morgan fingerprint density at radius 3 is 3.06 bits per heavy atom.